The number of hydrogen-bond donors (Lipinski definition) is 2. The van der Waals surface area contributed by atoms with Crippen molar-refractivity contribution >= 4 is 36.2 Å². The van der Waals surface area contributed by atoms with Gasteiger partial charge in [-0.05, 0) is 45.0 Å². The first kappa shape index (κ1) is 30.5. The highest BCUT2D eigenvalue weighted by molar-refractivity contribution is 6.01. The third kappa shape index (κ3) is 7.76. The van der Waals surface area contributed by atoms with E-state index >= 15 is 0 Å². The van der Waals surface area contributed by atoms with E-state index in [0.717, 1.165) is 47.2 Å². The van der Waals surface area contributed by atoms with E-state index in [1.807, 2.05) is 36.2 Å². The number of fused-ring (bicyclic) bond motifs is 1. The molecule has 0 bridgehead atoms. The maximum absolute atomic E-state index is 11.1. The molecule has 0 spiro atoms. The fraction of sp³-hybridized carbons (Fsp3) is 0.407. The van der Waals surface area contributed by atoms with E-state index in [1.54, 1.807) is 12.6 Å². The number of carbonyl (C=O) groups excluding carboxylic acids is 1. The van der Waals surface area contributed by atoms with Crippen LogP contribution in [-0.4, -0.2) is 103 Å². The van der Waals surface area contributed by atoms with Crippen LogP contribution in [0.25, 0.3) is 22.6 Å². The van der Waals surface area contributed by atoms with E-state index in [9.17, 15) is 4.79 Å². The number of benzene rings is 1. The fourth-order valence-corrected chi connectivity index (χ4v) is 4.13. The Hall–Kier alpha value is -4.04. The third-order valence-corrected chi connectivity index (χ3v) is 5.98. The molecule has 214 valence electrons. The maximum Gasteiger partial charge on any atom is 0.166 e. The molecule has 0 aliphatic carbocycles. The van der Waals surface area contributed by atoms with Gasteiger partial charge >= 0.3 is 0 Å². The van der Waals surface area contributed by atoms with E-state index in [-0.39, 0.29) is 0 Å². The van der Waals surface area contributed by atoms with E-state index < -0.39 is 0 Å². The first-order valence-electron chi connectivity index (χ1n) is 12.8. The Balaban J connectivity index is 0.00000141. The smallest absolute Gasteiger partial charge is 0.166 e. The van der Waals surface area contributed by atoms with Gasteiger partial charge in [-0.3, -0.25) is 19.7 Å². The molecule has 1 aliphatic heterocycles. The summed E-state index contributed by atoms with van der Waals surface area (Å²) in [4.78, 5) is 38.2. The molecule has 13 heteroatoms. The molecule has 3 heterocycles. The molecule has 0 atom stereocenters. The number of aliphatic imine (C=N–C) groups is 2. The summed E-state index contributed by atoms with van der Waals surface area (Å²) in [5.41, 5.74) is 4.58. The van der Waals surface area contributed by atoms with Crippen molar-refractivity contribution in [2.24, 2.45) is 9.98 Å². The van der Waals surface area contributed by atoms with Crippen molar-refractivity contribution in [1.82, 2.24) is 29.9 Å². The molecule has 0 unspecified atom stereocenters. The Morgan fingerprint density at radius 1 is 1.25 bits per heavy atom. The van der Waals surface area contributed by atoms with Crippen molar-refractivity contribution in [3.63, 3.8) is 0 Å². The van der Waals surface area contributed by atoms with E-state index in [4.69, 9.17) is 29.6 Å². The number of carbonyl (C=O) groups is 1. The summed E-state index contributed by atoms with van der Waals surface area (Å²) in [5, 5.41) is 7.32. The van der Waals surface area contributed by atoms with Crippen LogP contribution in [0.4, 0.5) is 5.82 Å². The summed E-state index contributed by atoms with van der Waals surface area (Å²) in [6.45, 7) is 9.84. The van der Waals surface area contributed by atoms with Crippen molar-refractivity contribution in [2.75, 3.05) is 59.1 Å². The van der Waals surface area contributed by atoms with Crippen LogP contribution < -0.4 is 15.1 Å². The van der Waals surface area contributed by atoms with Crippen molar-refractivity contribution in [1.29, 1.82) is 0 Å². The minimum atomic E-state index is 0.362. The first-order valence-corrected chi connectivity index (χ1v) is 12.8. The number of nitrogens with one attached hydrogen (secondary N) is 1. The summed E-state index contributed by atoms with van der Waals surface area (Å²) in [6, 6.07) is 7.75. The van der Waals surface area contributed by atoms with Gasteiger partial charge in [0.2, 0.25) is 0 Å². The Morgan fingerprint density at radius 3 is 2.55 bits per heavy atom. The number of aromatic nitrogens is 4. The second-order valence-corrected chi connectivity index (χ2v) is 8.76. The van der Waals surface area contributed by atoms with Crippen molar-refractivity contribution < 1.29 is 19.5 Å². The highest BCUT2D eigenvalue weighted by atomic mass is 16.5. The number of rotatable bonds is 11. The predicted octanol–water partition coefficient (Wildman–Crippen LogP) is 2.20. The van der Waals surface area contributed by atoms with Gasteiger partial charge < -0.3 is 24.1 Å². The third-order valence-electron chi connectivity index (χ3n) is 5.98. The van der Waals surface area contributed by atoms with Crippen LogP contribution in [0.1, 0.15) is 12.7 Å². The number of aldehydes is 1. The number of anilines is 1. The Kier molecular flexibility index (Phi) is 11.8. The molecule has 1 aromatic carbocycles. The van der Waals surface area contributed by atoms with Crippen LogP contribution in [0, 0.1) is 0 Å². The summed E-state index contributed by atoms with van der Waals surface area (Å²) in [7, 11) is 5.03. The standard InChI is InChI=1S/C26H32N8O3.CH5NO/c1-5-34-22(16-32(3)18-28-15-19(17-35)14-27-2)29-23-25(33-10-12-37-13-11-33)30-24(31-26(23)34)20-6-8-21(36-4)9-7-20;1-2-3/h6-9,14-15,17H,2,5,10-13,16,18H2,1,3-4H3;2-3H,1H3/b19-14+,28-15-;. The molecule has 13 nitrogen and oxygen atoms in total. The second-order valence-electron chi connectivity index (χ2n) is 8.76. The van der Waals surface area contributed by atoms with Crippen LogP contribution in [0.3, 0.4) is 0 Å². The Morgan fingerprint density at radius 2 is 1.95 bits per heavy atom. The molecule has 1 aliphatic rings. The van der Waals surface area contributed by atoms with Crippen LogP contribution >= 0.6 is 0 Å². The quantitative estimate of drug-likeness (QED) is 0.158. The predicted molar refractivity (Wildman–Crippen MR) is 155 cm³/mol. The van der Waals surface area contributed by atoms with Gasteiger partial charge in [-0.15, -0.1) is 0 Å². The van der Waals surface area contributed by atoms with Crippen LogP contribution in [0.2, 0.25) is 0 Å². The van der Waals surface area contributed by atoms with Gasteiger partial charge in [0.1, 0.15) is 11.6 Å². The second kappa shape index (κ2) is 15.5. The number of hydrogen-bond acceptors (Lipinski definition) is 12. The number of allylic oxidation sites excluding steroid dienone is 1. The lowest BCUT2D eigenvalue weighted by atomic mass is 10.2. The molecule has 0 amide bonds. The molecule has 1 saturated heterocycles. The average Bonchev–Trinajstić information content (AvgIpc) is 3.33. The molecule has 1 fully saturated rings. The molecule has 4 rings (SSSR count). The number of nitrogens with zero attached hydrogens (tertiary/aromatic N) is 8. The molecule has 40 heavy (non-hydrogen) atoms. The van der Waals surface area contributed by atoms with Crippen LogP contribution in [0.5, 0.6) is 5.75 Å². The molecule has 2 N–H and O–H groups in total. The van der Waals surface area contributed by atoms with Gasteiger partial charge in [0, 0.05) is 44.7 Å². The zero-order valence-electron chi connectivity index (χ0n) is 23.4. The van der Waals surface area contributed by atoms with Crippen molar-refractivity contribution in [2.45, 2.75) is 20.0 Å². The number of aryl methyl sites for hydroxylation is 1. The minimum Gasteiger partial charge on any atom is -0.497 e. The van der Waals surface area contributed by atoms with Crippen molar-refractivity contribution in [3.05, 3.63) is 41.9 Å². The Labute approximate surface area is 233 Å². The lowest BCUT2D eigenvalue weighted by molar-refractivity contribution is -0.104. The minimum absolute atomic E-state index is 0.362. The summed E-state index contributed by atoms with van der Waals surface area (Å²) >= 11 is 0. The molecule has 0 saturated carbocycles. The van der Waals surface area contributed by atoms with Gasteiger partial charge in [-0.1, -0.05) is 0 Å². The number of imidazole rings is 1. The number of hydroxylamine groups is 1. The molecule has 0 radical (unpaired) electrons. The molecular formula is C27H37N9O4. The number of ether oxygens (including phenoxy) is 2. The summed E-state index contributed by atoms with van der Waals surface area (Å²) in [6.07, 6.45) is 3.56. The topological polar surface area (TPSA) is 143 Å². The summed E-state index contributed by atoms with van der Waals surface area (Å²) in [5.74, 6) is 3.09. The number of morpholine rings is 1. The Bertz CT molecular complexity index is 1320. The van der Waals surface area contributed by atoms with Gasteiger partial charge in [0.05, 0.1) is 39.1 Å². The SMILES string of the molecule is C=N/C=C(C=O)\C=N/CN(C)Cc1nc2c(N3CCOCC3)nc(-c3ccc(OC)cc3)nc2n1CC.CNO. The lowest BCUT2D eigenvalue weighted by Crippen LogP contribution is -2.37. The molecular weight excluding hydrogens is 514 g/mol. The largest absolute Gasteiger partial charge is 0.497 e. The monoisotopic (exact) mass is 551 g/mol. The van der Waals surface area contributed by atoms with E-state index in [0.29, 0.717) is 50.7 Å². The van der Waals surface area contributed by atoms with E-state index in [2.05, 4.69) is 33.1 Å². The molecule has 3 aromatic rings. The van der Waals surface area contributed by atoms with Crippen LogP contribution in [0.15, 0.2) is 46.0 Å². The first-order chi connectivity index (χ1) is 19.5. The van der Waals surface area contributed by atoms with E-state index in [1.165, 1.54) is 19.5 Å². The average molecular weight is 552 g/mol. The lowest BCUT2D eigenvalue weighted by Gasteiger charge is -2.28. The highest BCUT2D eigenvalue weighted by Gasteiger charge is 2.23. The van der Waals surface area contributed by atoms with Gasteiger partial charge in [-0.2, -0.15) is 0 Å². The maximum atomic E-state index is 11.1. The molecule has 2 aromatic heterocycles. The fourth-order valence-electron chi connectivity index (χ4n) is 4.13. The van der Waals surface area contributed by atoms with Gasteiger partial charge in [-0.25, -0.2) is 20.4 Å². The zero-order chi connectivity index (χ0) is 28.9. The van der Waals surface area contributed by atoms with Gasteiger partial charge in [0.15, 0.2) is 29.1 Å². The normalized spacial score (nSPS) is 13.9. The zero-order valence-corrected chi connectivity index (χ0v) is 23.4. The van der Waals surface area contributed by atoms with Crippen LogP contribution in [-0.2, 0) is 22.6 Å². The number of methoxy groups -OCH3 is 1. The van der Waals surface area contributed by atoms with Crippen molar-refractivity contribution in [3.8, 4) is 17.1 Å². The van der Waals surface area contributed by atoms with Gasteiger partial charge in [0.25, 0.3) is 0 Å². The summed E-state index contributed by atoms with van der Waals surface area (Å²) < 4.78 is 13.0. The highest BCUT2D eigenvalue weighted by Crippen LogP contribution is 2.29.